The van der Waals surface area contributed by atoms with Gasteiger partial charge in [-0.15, -0.1) is 13.2 Å². The van der Waals surface area contributed by atoms with E-state index in [-0.39, 0.29) is 16.3 Å². The summed E-state index contributed by atoms with van der Waals surface area (Å²) in [6.45, 7) is 0. The average Bonchev–Trinajstić information content (AvgIpc) is 2.89. The summed E-state index contributed by atoms with van der Waals surface area (Å²) in [7, 11) is 2.86. The Morgan fingerprint density at radius 3 is 2.07 bits per heavy atom. The Hall–Kier alpha value is -3.20. The average molecular weight is 428 g/mol. The molecule has 6 nitrogen and oxygen atoms in total. The first-order chi connectivity index (χ1) is 13.7. The Balaban J connectivity index is 1.93. The van der Waals surface area contributed by atoms with E-state index in [1.165, 1.54) is 26.4 Å². The molecule has 0 fully saturated rings. The molecule has 0 saturated heterocycles. The number of anilines is 1. The largest absolute Gasteiger partial charge is 0.573 e. The number of methoxy groups -OCH3 is 2. The standard InChI is InChI=1S/C19H13ClF3NO5/c1-27-13-8-3-10(9-14(13)28-2)15-16(20)18(26)24(17(15)25)11-4-6-12(7-5-11)29-19(21,22)23/h3-9H,1-2H3. The summed E-state index contributed by atoms with van der Waals surface area (Å²) in [5, 5.41) is -0.321. The van der Waals surface area contributed by atoms with Gasteiger partial charge in [0.1, 0.15) is 10.8 Å². The molecule has 0 aliphatic carbocycles. The first-order valence-electron chi connectivity index (χ1n) is 8.03. The number of alkyl halides is 3. The highest BCUT2D eigenvalue weighted by Crippen LogP contribution is 2.38. The van der Waals surface area contributed by atoms with Gasteiger partial charge in [-0.2, -0.15) is 0 Å². The van der Waals surface area contributed by atoms with Gasteiger partial charge in [0.15, 0.2) is 11.5 Å². The molecular weight excluding hydrogens is 415 g/mol. The van der Waals surface area contributed by atoms with Gasteiger partial charge >= 0.3 is 6.36 Å². The van der Waals surface area contributed by atoms with Crippen LogP contribution in [0, 0.1) is 0 Å². The van der Waals surface area contributed by atoms with E-state index in [0.29, 0.717) is 17.1 Å². The zero-order chi connectivity index (χ0) is 21.3. The molecule has 10 heteroatoms. The van der Waals surface area contributed by atoms with E-state index in [1.54, 1.807) is 6.07 Å². The predicted octanol–water partition coefficient (Wildman–Crippen LogP) is 4.13. The molecular formula is C19H13ClF3NO5. The number of rotatable bonds is 5. The van der Waals surface area contributed by atoms with Crippen LogP contribution >= 0.6 is 11.6 Å². The van der Waals surface area contributed by atoms with Gasteiger partial charge in [-0.25, -0.2) is 4.90 Å². The fourth-order valence-electron chi connectivity index (χ4n) is 2.78. The van der Waals surface area contributed by atoms with Crippen LogP contribution in [0.15, 0.2) is 47.5 Å². The molecule has 0 bridgehead atoms. The summed E-state index contributed by atoms with van der Waals surface area (Å²) in [4.78, 5) is 26.2. The van der Waals surface area contributed by atoms with Crippen molar-refractivity contribution in [1.29, 1.82) is 0 Å². The van der Waals surface area contributed by atoms with E-state index in [2.05, 4.69) is 4.74 Å². The van der Waals surface area contributed by atoms with E-state index >= 15 is 0 Å². The number of hydrogen-bond donors (Lipinski definition) is 0. The molecule has 2 aromatic rings. The lowest BCUT2D eigenvalue weighted by Crippen LogP contribution is -2.31. The van der Waals surface area contributed by atoms with Crippen molar-refractivity contribution >= 4 is 34.7 Å². The van der Waals surface area contributed by atoms with Gasteiger partial charge in [-0.1, -0.05) is 17.7 Å². The first kappa shape index (κ1) is 20.5. The zero-order valence-electron chi connectivity index (χ0n) is 15.0. The topological polar surface area (TPSA) is 65.1 Å². The number of nitrogens with zero attached hydrogens (tertiary/aromatic N) is 1. The van der Waals surface area contributed by atoms with Gasteiger partial charge < -0.3 is 14.2 Å². The lowest BCUT2D eigenvalue weighted by atomic mass is 10.1. The molecule has 0 aromatic heterocycles. The maximum atomic E-state index is 12.9. The van der Waals surface area contributed by atoms with Crippen molar-refractivity contribution in [2.45, 2.75) is 6.36 Å². The summed E-state index contributed by atoms with van der Waals surface area (Å²) < 4.78 is 51.0. The second kappa shape index (κ2) is 7.67. The third kappa shape index (κ3) is 4.00. The van der Waals surface area contributed by atoms with E-state index in [9.17, 15) is 22.8 Å². The van der Waals surface area contributed by atoms with Crippen LogP contribution in [-0.2, 0) is 9.59 Å². The van der Waals surface area contributed by atoms with Gasteiger partial charge in [0.05, 0.1) is 25.5 Å². The van der Waals surface area contributed by atoms with Gasteiger partial charge in [0.2, 0.25) is 0 Å². The van der Waals surface area contributed by atoms with E-state index in [1.807, 2.05) is 0 Å². The third-order valence-electron chi connectivity index (χ3n) is 4.03. The third-order valence-corrected chi connectivity index (χ3v) is 4.38. The number of halogens is 4. The van der Waals surface area contributed by atoms with Crippen LogP contribution in [0.3, 0.4) is 0 Å². The van der Waals surface area contributed by atoms with Crippen molar-refractivity contribution in [2.75, 3.05) is 19.1 Å². The summed E-state index contributed by atoms with van der Waals surface area (Å²) in [6.07, 6.45) is -4.85. The van der Waals surface area contributed by atoms with Gasteiger partial charge in [0.25, 0.3) is 11.8 Å². The molecule has 2 amide bonds. The number of benzene rings is 2. The van der Waals surface area contributed by atoms with Crippen LogP contribution in [0.2, 0.25) is 0 Å². The van der Waals surface area contributed by atoms with Crippen LogP contribution < -0.4 is 19.1 Å². The molecule has 0 saturated carbocycles. The lowest BCUT2D eigenvalue weighted by molar-refractivity contribution is -0.274. The van der Waals surface area contributed by atoms with Crippen molar-refractivity contribution < 1.29 is 37.0 Å². The molecule has 152 valence electrons. The summed E-state index contributed by atoms with van der Waals surface area (Å²) >= 11 is 6.11. The van der Waals surface area contributed by atoms with Crippen LogP contribution in [-0.4, -0.2) is 32.4 Å². The number of carbonyl (C=O) groups excluding carboxylic acids is 2. The van der Waals surface area contributed by atoms with Crippen molar-refractivity contribution in [1.82, 2.24) is 0 Å². The van der Waals surface area contributed by atoms with Gasteiger partial charge in [-0.3, -0.25) is 9.59 Å². The fraction of sp³-hybridized carbons (Fsp3) is 0.158. The highest BCUT2D eigenvalue weighted by atomic mass is 35.5. The molecule has 1 aliphatic heterocycles. The Morgan fingerprint density at radius 1 is 0.897 bits per heavy atom. The highest BCUT2D eigenvalue weighted by Gasteiger charge is 2.39. The normalized spacial score (nSPS) is 14.5. The van der Waals surface area contributed by atoms with Crippen molar-refractivity contribution in [3.63, 3.8) is 0 Å². The van der Waals surface area contributed by atoms with E-state index in [0.717, 1.165) is 29.2 Å². The quantitative estimate of drug-likeness (QED) is 0.671. The smallest absolute Gasteiger partial charge is 0.493 e. The maximum Gasteiger partial charge on any atom is 0.573 e. The number of ether oxygens (including phenoxy) is 3. The predicted molar refractivity (Wildman–Crippen MR) is 97.9 cm³/mol. The Kier molecular flexibility index (Phi) is 5.43. The minimum atomic E-state index is -4.85. The summed E-state index contributed by atoms with van der Waals surface area (Å²) in [5.74, 6) is -1.27. The van der Waals surface area contributed by atoms with E-state index in [4.69, 9.17) is 21.1 Å². The Bertz CT molecular complexity index is 1000. The molecule has 3 rings (SSSR count). The van der Waals surface area contributed by atoms with Gasteiger partial charge in [-0.05, 0) is 42.0 Å². The van der Waals surface area contributed by atoms with Crippen LogP contribution in [0.5, 0.6) is 17.2 Å². The number of hydrogen-bond acceptors (Lipinski definition) is 5. The van der Waals surface area contributed by atoms with Crippen LogP contribution in [0.1, 0.15) is 5.56 Å². The first-order valence-corrected chi connectivity index (χ1v) is 8.41. The summed E-state index contributed by atoms with van der Waals surface area (Å²) in [5.41, 5.74) is 0.307. The zero-order valence-corrected chi connectivity index (χ0v) is 15.8. The SMILES string of the molecule is COc1ccc(C2=C(Cl)C(=O)N(c3ccc(OC(F)(F)F)cc3)C2=O)cc1OC. The Labute approximate surface area is 168 Å². The molecule has 1 heterocycles. The molecule has 29 heavy (non-hydrogen) atoms. The van der Waals surface area contributed by atoms with Crippen molar-refractivity contribution in [3.8, 4) is 17.2 Å². The van der Waals surface area contributed by atoms with E-state index < -0.39 is 23.9 Å². The summed E-state index contributed by atoms with van der Waals surface area (Å²) in [6, 6.07) is 8.86. The monoisotopic (exact) mass is 427 g/mol. The Morgan fingerprint density at radius 2 is 1.52 bits per heavy atom. The second-order valence-corrected chi connectivity index (χ2v) is 6.12. The maximum absolute atomic E-state index is 12.9. The van der Waals surface area contributed by atoms with Gasteiger partial charge in [0, 0.05) is 0 Å². The number of carbonyl (C=O) groups is 2. The molecule has 0 unspecified atom stereocenters. The fourth-order valence-corrected chi connectivity index (χ4v) is 3.05. The van der Waals surface area contributed by atoms with Crippen molar-refractivity contribution in [3.05, 3.63) is 53.1 Å². The molecule has 2 aromatic carbocycles. The van der Waals surface area contributed by atoms with Crippen LogP contribution in [0.25, 0.3) is 5.57 Å². The highest BCUT2D eigenvalue weighted by molar-refractivity contribution is 6.60. The lowest BCUT2D eigenvalue weighted by Gasteiger charge is -2.16. The van der Waals surface area contributed by atoms with Crippen LogP contribution in [0.4, 0.5) is 18.9 Å². The number of amides is 2. The molecule has 1 aliphatic rings. The molecule has 0 radical (unpaired) electrons. The van der Waals surface area contributed by atoms with Crippen molar-refractivity contribution in [2.24, 2.45) is 0 Å². The number of imide groups is 1. The molecule has 0 N–H and O–H groups in total. The second-order valence-electron chi connectivity index (χ2n) is 5.75. The molecule has 0 spiro atoms. The minimum absolute atomic E-state index is 0.0446. The molecule has 0 atom stereocenters. The minimum Gasteiger partial charge on any atom is -0.493 e.